The van der Waals surface area contributed by atoms with Gasteiger partial charge in [-0.2, -0.15) is 47.2 Å². The van der Waals surface area contributed by atoms with E-state index in [0.29, 0.717) is 0 Å². The van der Waals surface area contributed by atoms with Crippen molar-refractivity contribution < 1.29 is 68.2 Å². The summed E-state index contributed by atoms with van der Waals surface area (Å²) in [6.45, 7) is 9.18. The molecule has 0 bridgehead atoms. The van der Waals surface area contributed by atoms with Gasteiger partial charge in [0.1, 0.15) is 0 Å². The Morgan fingerprint density at radius 1 is 0.391 bits per heavy atom. The molecule has 0 spiro atoms. The number of benzene rings is 4. The molecular weight excluding hydrogens is 709 g/mol. The van der Waals surface area contributed by atoms with Crippen LogP contribution in [0.15, 0.2) is 158 Å². The molecule has 8 rings (SSSR count). The average Bonchev–Trinajstić information content (AvgIpc) is 3.83. The first kappa shape index (κ1) is 42.2. The van der Waals surface area contributed by atoms with E-state index in [1.54, 1.807) is 0 Å². The molecule has 232 valence electrons. The van der Waals surface area contributed by atoms with Crippen LogP contribution in [0.2, 0.25) is 0 Å². The summed E-state index contributed by atoms with van der Waals surface area (Å²) in [6.07, 6.45) is 0. The Balaban J connectivity index is 0.000000300. The smallest absolute Gasteiger partial charge is 1.00 e. The van der Waals surface area contributed by atoms with Crippen LogP contribution in [0.1, 0.15) is 0 Å². The normalized spacial score (nSPS) is 9.87. The number of fused-ring (bicyclic) bond motifs is 4. The van der Waals surface area contributed by atoms with Crippen LogP contribution in [-0.2, 0) is 43.4 Å². The number of hydrogen-bond donors (Lipinski definition) is 0. The zero-order chi connectivity index (χ0) is 29.3. The summed E-state index contributed by atoms with van der Waals surface area (Å²) < 4.78 is 0. The molecule has 0 saturated carbocycles. The first-order chi connectivity index (χ1) is 20.5. The molecule has 0 aliphatic carbocycles. The molecule has 0 radical (unpaired) electrons. The number of hydrogen-bond acceptors (Lipinski definition) is 0. The van der Waals surface area contributed by atoms with E-state index in [0.717, 1.165) is 0 Å². The molecule has 0 unspecified atom stereocenters. The van der Waals surface area contributed by atoms with Crippen LogP contribution < -0.4 is 35.4 Å². The van der Waals surface area contributed by atoms with Crippen LogP contribution in [0.3, 0.4) is 0 Å². The molecule has 8 aromatic rings. The first-order valence-electron chi connectivity index (χ1n) is 14.3. The molecule has 8 aromatic carbocycles. The second-order valence-electron chi connectivity index (χ2n) is 10.8. The van der Waals surface area contributed by atoms with Crippen LogP contribution in [0.4, 0.5) is 0 Å². The van der Waals surface area contributed by atoms with Crippen LogP contribution >= 0.6 is 15.8 Å². The molecule has 6 heteroatoms. The van der Waals surface area contributed by atoms with Crippen molar-refractivity contribution in [1.29, 1.82) is 0 Å². The van der Waals surface area contributed by atoms with Gasteiger partial charge in [0.05, 0.1) is 0 Å². The molecule has 0 amide bonds. The largest absolute Gasteiger partial charge is 2.00 e. The summed E-state index contributed by atoms with van der Waals surface area (Å²) in [7, 11) is 0.115. The fraction of sp³-hybridized carbons (Fsp3) is 0.100. The van der Waals surface area contributed by atoms with Gasteiger partial charge >= 0.3 is 43.4 Å². The van der Waals surface area contributed by atoms with E-state index < -0.39 is 0 Å². The molecule has 46 heavy (non-hydrogen) atoms. The summed E-state index contributed by atoms with van der Waals surface area (Å²) in [6, 6.07) is 55.7. The fourth-order valence-electron chi connectivity index (χ4n) is 4.92. The molecule has 0 nitrogen and oxygen atoms in total. The van der Waals surface area contributed by atoms with Crippen molar-refractivity contribution in [3.8, 4) is 0 Å². The summed E-state index contributed by atoms with van der Waals surface area (Å²) in [5, 5.41) is 13.8. The minimum atomic E-state index is 0. The SMILES string of the molecule is CP(C)c1cc2ccccc2[cH-]1.CP(C)c1cc2ccccc2[cH-]1.[Cl-].[Cl-].[Ti+2].[Ti+2].c1ccc2[cH-]ccc2c1.c1ccc2[cH-]ccc2c1. The molecule has 0 aliphatic heterocycles. The Hall–Kier alpha value is -1.81. The van der Waals surface area contributed by atoms with Crippen molar-refractivity contribution in [3.05, 3.63) is 158 Å². The molecule has 0 saturated heterocycles. The molecule has 0 atom stereocenters. The number of rotatable bonds is 2. The Labute approximate surface area is 319 Å². The van der Waals surface area contributed by atoms with E-state index in [1.165, 1.54) is 53.7 Å². The summed E-state index contributed by atoms with van der Waals surface area (Å²) in [5.74, 6) is 0. The van der Waals surface area contributed by atoms with Crippen molar-refractivity contribution in [2.24, 2.45) is 0 Å². The van der Waals surface area contributed by atoms with E-state index in [-0.39, 0.29) is 84.1 Å². The summed E-state index contributed by atoms with van der Waals surface area (Å²) in [5.41, 5.74) is 0. The monoisotopic (exact) mass is 746 g/mol. The molecule has 0 aliphatic rings. The Kier molecular flexibility index (Phi) is 19.5. The molecule has 0 aromatic heterocycles. The standard InChI is InChI=1S/2C11H12P.2C9H7.2ClH.2Ti/c2*1-12(2)11-7-9-5-3-4-6-10(9)8-11;2*1-2-5-9-7-3-6-8(9)4-1;;;;/h2*3-8H,1-2H3;2*1-7H;2*1H;;/q4*-1;;;2*+2/p-2. The van der Waals surface area contributed by atoms with Gasteiger partial charge in [-0.1, -0.05) is 24.3 Å². The van der Waals surface area contributed by atoms with Crippen molar-refractivity contribution in [2.45, 2.75) is 0 Å². The average molecular weight is 747 g/mol. The third-order valence-corrected chi connectivity index (χ3v) is 9.92. The van der Waals surface area contributed by atoms with Gasteiger partial charge in [-0.3, -0.25) is 0 Å². The Morgan fingerprint density at radius 2 is 0.696 bits per heavy atom. The number of halogens is 2. The van der Waals surface area contributed by atoms with Crippen molar-refractivity contribution in [2.75, 3.05) is 26.7 Å². The van der Waals surface area contributed by atoms with E-state index in [4.69, 9.17) is 0 Å². The van der Waals surface area contributed by atoms with Crippen LogP contribution in [-0.4, -0.2) is 26.7 Å². The van der Waals surface area contributed by atoms with Crippen molar-refractivity contribution >= 4 is 69.5 Å². The fourth-order valence-corrected chi connectivity index (χ4v) is 6.51. The zero-order valence-electron chi connectivity index (χ0n) is 26.7. The van der Waals surface area contributed by atoms with E-state index in [1.807, 2.05) is 0 Å². The third-order valence-electron chi connectivity index (χ3n) is 7.33. The quantitative estimate of drug-likeness (QED) is 0.133. The third kappa shape index (κ3) is 11.7. The van der Waals surface area contributed by atoms with Crippen molar-refractivity contribution in [1.82, 2.24) is 0 Å². The predicted molar refractivity (Wildman–Crippen MR) is 195 cm³/mol. The van der Waals surface area contributed by atoms with Gasteiger partial charge in [-0.25, -0.2) is 0 Å². The minimum Gasteiger partial charge on any atom is -1.00 e. The first-order valence-corrected chi connectivity index (χ1v) is 18.8. The maximum atomic E-state index is 2.31. The summed E-state index contributed by atoms with van der Waals surface area (Å²) >= 11 is 0. The van der Waals surface area contributed by atoms with E-state index in [9.17, 15) is 0 Å². The molecule has 0 N–H and O–H groups in total. The molecule has 0 fully saturated rings. The summed E-state index contributed by atoms with van der Waals surface area (Å²) in [4.78, 5) is 0. The van der Waals surface area contributed by atoms with Crippen molar-refractivity contribution in [3.63, 3.8) is 0 Å². The van der Waals surface area contributed by atoms with E-state index in [2.05, 4.69) is 184 Å². The zero-order valence-corrected chi connectivity index (χ0v) is 33.1. The van der Waals surface area contributed by atoms with Gasteiger partial charge < -0.3 is 24.8 Å². The maximum absolute atomic E-state index is 2.31. The van der Waals surface area contributed by atoms with Gasteiger partial charge in [0.25, 0.3) is 0 Å². The van der Waals surface area contributed by atoms with Gasteiger partial charge in [0.2, 0.25) is 0 Å². The Bertz CT molecular complexity index is 1710. The maximum Gasteiger partial charge on any atom is 2.00 e. The molecule has 0 heterocycles. The minimum absolute atomic E-state index is 0. The predicted octanol–water partition coefficient (Wildman–Crippen LogP) is 4.97. The van der Waals surface area contributed by atoms with Crippen LogP contribution in [0.25, 0.3) is 43.1 Å². The van der Waals surface area contributed by atoms with E-state index >= 15 is 0 Å². The van der Waals surface area contributed by atoms with Gasteiger partial charge in [0, 0.05) is 0 Å². The van der Waals surface area contributed by atoms with Crippen LogP contribution in [0.5, 0.6) is 0 Å². The topological polar surface area (TPSA) is 0 Å². The second-order valence-corrected chi connectivity index (χ2v) is 15.4. The van der Waals surface area contributed by atoms with Crippen LogP contribution in [0, 0.1) is 0 Å². The second kappa shape index (κ2) is 21.2. The Morgan fingerprint density at radius 3 is 1.00 bits per heavy atom. The van der Waals surface area contributed by atoms with Gasteiger partial charge in [0.15, 0.2) is 0 Å². The molecular formula is C40H38Cl2P2Ti2-2. The van der Waals surface area contributed by atoms with Gasteiger partial charge in [-0.15, -0.1) is 156 Å². The van der Waals surface area contributed by atoms with Gasteiger partial charge in [-0.05, 0) is 26.7 Å².